The van der Waals surface area contributed by atoms with Gasteiger partial charge in [-0.05, 0) is 12.0 Å². The first kappa shape index (κ1) is 15.2. The topological polar surface area (TPSA) is 67.4 Å². The van der Waals surface area contributed by atoms with Gasteiger partial charge in [0.1, 0.15) is 5.60 Å². The van der Waals surface area contributed by atoms with E-state index < -0.39 is 17.4 Å². The zero-order chi connectivity index (χ0) is 14.3. The summed E-state index contributed by atoms with van der Waals surface area (Å²) in [7, 11) is 3.02. The maximum Gasteiger partial charge on any atom is 0.309 e. The highest BCUT2D eigenvalue weighted by Gasteiger charge is 2.31. The van der Waals surface area contributed by atoms with Gasteiger partial charge in [0.2, 0.25) is 0 Å². The molecule has 0 spiro atoms. The second kappa shape index (κ2) is 6.89. The molecule has 2 amide bonds. The molecule has 0 aliphatic carbocycles. The highest BCUT2D eigenvalue weighted by Crippen LogP contribution is 2.27. The van der Waals surface area contributed by atoms with Crippen molar-refractivity contribution in [2.75, 3.05) is 20.7 Å². The van der Waals surface area contributed by atoms with E-state index >= 15 is 0 Å². The van der Waals surface area contributed by atoms with Gasteiger partial charge in [-0.1, -0.05) is 37.3 Å². The van der Waals surface area contributed by atoms with Crippen LogP contribution in [0.25, 0.3) is 0 Å². The smallest absolute Gasteiger partial charge is 0.309 e. The third-order valence-electron chi connectivity index (χ3n) is 3.23. The summed E-state index contributed by atoms with van der Waals surface area (Å²) in [5.74, 6) is -1.32. The van der Waals surface area contributed by atoms with Gasteiger partial charge in [-0.15, -0.1) is 0 Å². The summed E-state index contributed by atoms with van der Waals surface area (Å²) in [5.41, 5.74) is 0.350. The van der Waals surface area contributed by atoms with Crippen LogP contribution in [0.3, 0.4) is 0 Å². The molecule has 1 aromatic carbocycles. The van der Waals surface area contributed by atoms with Crippen molar-refractivity contribution < 1.29 is 14.3 Å². The number of methoxy groups -OCH3 is 1. The van der Waals surface area contributed by atoms with Crippen LogP contribution >= 0.6 is 0 Å². The van der Waals surface area contributed by atoms with E-state index in [1.807, 2.05) is 37.3 Å². The lowest BCUT2D eigenvalue weighted by atomic mass is 9.90. The quantitative estimate of drug-likeness (QED) is 0.773. The van der Waals surface area contributed by atoms with Crippen molar-refractivity contribution in [1.82, 2.24) is 10.6 Å². The minimum atomic E-state index is -0.659. The lowest BCUT2D eigenvalue weighted by Gasteiger charge is -2.32. The molecule has 1 atom stereocenters. The Morgan fingerprint density at radius 3 is 2.32 bits per heavy atom. The molecule has 0 saturated heterocycles. The first-order valence-corrected chi connectivity index (χ1v) is 6.20. The highest BCUT2D eigenvalue weighted by atomic mass is 16.5. The van der Waals surface area contributed by atoms with E-state index in [2.05, 4.69) is 10.6 Å². The van der Waals surface area contributed by atoms with Crippen LogP contribution in [0.4, 0.5) is 0 Å². The number of carbonyl (C=O) groups excluding carboxylic acids is 2. The lowest BCUT2D eigenvalue weighted by Crippen LogP contribution is -2.46. The van der Waals surface area contributed by atoms with E-state index in [-0.39, 0.29) is 6.54 Å². The molecule has 0 radical (unpaired) electrons. The second-order valence-electron chi connectivity index (χ2n) is 4.18. The van der Waals surface area contributed by atoms with E-state index in [1.54, 1.807) is 7.11 Å². The van der Waals surface area contributed by atoms with Crippen molar-refractivity contribution >= 4 is 11.8 Å². The maximum absolute atomic E-state index is 11.5. The summed E-state index contributed by atoms with van der Waals surface area (Å²) in [5, 5.41) is 4.88. The Hall–Kier alpha value is -1.88. The van der Waals surface area contributed by atoms with Crippen LogP contribution in [0, 0.1) is 0 Å². The van der Waals surface area contributed by atoms with Crippen LogP contribution in [-0.4, -0.2) is 32.5 Å². The van der Waals surface area contributed by atoms with Gasteiger partial charge in [0.05, 0.1) is 6.54 Å². The van der Waals surface area contributed by atoms with Crippen molar-refractivity contribution in [3.05, 3.63) is 35.9 Å². The Balaban J connectivity index is 2.84. The molecule has 0 fully saturated rings. The van der Waals surface area contributed by atoms with E-state index in [4.69, 9.17) is 4.74 Å². The Morgan fingerprint density at radius 1 is 1.21 bits per heavy atom. The predicted molar refractivity (Wildman–Crippen MR) is 72.5 cm³/mol. The minimum Gasteiger partial charge on any atom is -0.372 e. The molecule has 0 saturated carbocycles. The molecule has 0 aromatic heterocycles. The van der Waals surface area contributed by atoms with Gasteiger partial charge in [0.25, 0.3) is 0 Å². The molecule has 1 unspecified atom stereocenters. The second-order valence-corrected chi connectivity index (χ2v) is 4.18. The highest BCUT2D eigenvalue weighted by molar-refractivity contribution is 6.35. The maximum atomic E-state index is 11.5. The number of amides is 2. The summed E-state index contributed by atoms with van der Waals surface area (Å²) in [6.45, 7) is 2.22. The van der Waals surface area contributed by atoms with Crippen LogP contribution in [0.15, 0.2) is 30.3 Å². The van der Waals surface area contributed by atoms with E-state index in [9.17, 15) is 9.59 Å². The number of benzene rings is 1. The summed E-state index contributed by atoms with van der Waals surface area (Å²) in [6.07, 6.45) is 0.682. The number of hydrogen-bond acceptors (Lipinski definition) is 3. The monoisotopic (exact) mass is 264 g/mol. The summed E-state index contributed by atoms with van der Waals surface area (Å²) in [6, 6.07) is 9.64. The fraction of sp³-hybridized carbons (Fsp3) is 0.429. The van der Waals surface area contributed by atoms with E-state index in [0.717, 1.165) is 5.56 Å². The molecule has 1 aromatic rings. The zero-order valence-electron chi connectivity index (χ0n) is 11.5. The zero-order valence-corrected chi connectivity index (χ0v) is 11.5. The Labute approximate surface area is 113 Å². The van der Waals surface area contributed by atoms with Crippen molar-refractivity contribution in [2.24, 2.45) is 0 Å². The van der Waals surface area contributed by atoms with Gasteiger partial charge in [0.15, 0.2) is 0 Å². The fourth-order valence-corrected chi connectivity index (χ4v) is 1.92. The molecular weight excluding hydrogens is 244 g/mol. The summed E-state index contributed by atoms with van der Waals surface area (Å²) in [4.78, 5) is 22.7. The summed E-state index contributed by atoms with van der Waals surface area (Å²) >= 11 is 0. The van der Waals surface area contributed by atoms with E-state index in [1.165, 1.54) is 7.05 Å². The Bertz CT molecular complexity index is 428. The van der Waals surface area contributed by atoms with Gasteiger partial charge in [-0.3, -0.25) is 9.59 Å². The molecule has 0 bridgehead atoms. The Morgan fingerprint density at radius 2 is 1.84 bits per heavy atom. The average molecular weight is 264 g/mol. The van der Waals surface area contributed by atoms with Crippen LogP contribution in [0.5, 0.6) is 0 Å². The van der Waals surface area contributed by atoms with Gasteiger partial charge >= 0.3 is 11.8 Å². The van der Waals surface area contributed by atoms with Crippen LogP contribution in [0.1, 0.15) is 18.9 Å². The minimum absolute atomic E-state index is 0.246. The first-order chi connectivity index (χ1) is 9.09. The molecule has 5 nitrogen and oxygen atoms in total. The van der Waals surface area contributed by atoms with Crippen LogP contribution in [-0.2, 0) is 19.9 Å². The Kier molecular flexibility index (Phi) is 5.51. The standard InChI is InChI=1S/C14H20N2O3/c1-4-14(19-3,11-8-6-5-7-9-11)10-16-13(18)12(17)15-2/h5-9H,4,10H2,1-3H3,(H,15,17)(H,16,18). The molecule has 19 heavy (non-hydrogen) atoms. The van der Waals surface area contributed by atoms with Gasteiger partial charge in [-0.25, -0.2) is 0 Å². The largest absolute Gasteiger partial charge is 0.372 e. The van der Waals surface area contributed by atoms with Crippen molar-refractivity contribution in [3.63, 3.8) is 0 Å². The molecule has 2 N–H and O–H groups in total. The molecular formula is C14H20N2O3. The number of ether oxygens (including phenoxy) is 1. The third-order valence-corrected chi connectivity index (χ3v) is 3.23. The third kappa shape index (κ3) is 3.54. The van der Waals surface area contributed by atoms with Gasteiger partial charge in [-0.2, -0.15) is 0 Å². The lowest BCUT2D eigenvalue weighted by molar-refractivity contribution is -0.139. The molecule has 1 rings (SSSR count). The number of carbonyl (C=O) groups is 2. The predicted octanol–water partition coefficient (Wildman–Crippen LogP) is 0.800. The van der Waals surface area contributed by atoms with Crippen LogP contribution in [0.2, 0.25) is 0 Å². The van der Waals surface area contributed by atoms with Crippen molar-refractivity contribution in [3.8, 4) is 0 Å². The molecule has 0 aliphatic rings. The van der Waals surface area contributed by atoms with Gasteiger partial charge < -0.3 is 15.4 Å². The molecule has 0 aliphatic heterocycles. The number of rotatable bonds is 5. The molecule has 0 heterocycles. The van der Waals surface area contributed by atoms with Gasteiger partial charge in [0, 0.05) is 14.2 Å². The molecule has 104 valence electrons. The summed E-state index contributed by atoms with van der Waals surface area (Å²) < 4.78 is 5.59. The molecule has 5 heteroatoms. The number of likely N-dealkylation sites (N-methyl/N-ethyl adjacent to an activating group) is 1. The van der Waals surface area contributed by atoms with E-state index in [0.29, 0.717) is 6.42 Å². The number of nitrogens with one attached hydrogen (secondary N) is 2. The first-order valence-electron chi connectivity index (χ1n) is 6.20. The average Bonchev–Trinajstić information content (AvgIpc) is 2.48. The normalized spacial score (nSPS) is 13.4. The number of hydrogen-bond donors (Lipinski definition) is 2. The fourth-order valence-electron chi connectivity index (χ4n) is 1.92. The van der Waals surface area contributed by atoms with Crippen LogP contribution < -0.4 is 10.6 Å². The van der Waals surface area contributed by atoms with Crippen molar-refractivity contribution in [2.45, 2.75) is 18.9 Å². The SMILES string of the molecule is CCC(CNC(=O)C(=O)NC)(OC)c1ccccc1. The van der Waals surface area contributed by atoms with Crippen molar-refractivity contribution in [1.29, 1.82) is 0 Å².